The predicted octanol–water partition coefficient (Wildman–Crippen LogP) is 4.88. The highest BCUT2D eigenvalue weighted by Crippen LogP contribution is 2.33. The zero-order valence-electron chi connectivity index (χ0n) is 17.6. The van der Waals surface area contributed by atoms with Crippen LogP contribution in [0.4, 0.5) is 5.95 Å². The standard InChI is InChI=1S/C25H32N4/c1-27-15-17-28(18-16-27)25-26-23-9-5-6-10-24(23)29(25)19-20-11-13-22(14-12-20)21-7-3-2-4-8-21/h5-6,9-14,21H,2-4,7-8,15-19H2,1H3. The lowest BCUT2D eigenvalue weighted by molar-refractivity contribution is 0.310. The molecule has 0 amide bonds. The number of hydrogen-bond donors (Lipinski definition) is 0. The molecule has 3 aromatic rings. The highest BCUT2D eigenvalue weighted by Gasteiger charge is 2.21. The fraction of sp³-hybridized carbons (Fsp3) is 0.480. The molecule has 4 heteroatoms. The number of likely N-dealkylation sites (N-methyl/N-ethyl adjacent to an activating group) is 1. The normalized spacial score (nSPS) is 19.1. The zero-order valence-corrected chi connectivity index (χ0v) is 17.6. The summed E-state index contributed by atoms with van der Waals surface area (Å²) in [5.74, 6) is 1.89. The molecule has 0 bridgehead atoms. The van der Waals surface area contributed by atoms with Gasteiger partial charge in [0.05, 0.1) is 17.6 Å². The van der Waals surface area contributed by atoms with E-state index in [0.717, 1.165) is 50.1 Å². The molecule has 1 aromatic heterocycles. The largest absolute Gasteiger partial charge is 0.340 e. The lowest BCUT2D eigenvalue weighted by Crippen LogP contribution is -2.45. The van der Waals surface area contributed by atoms with E-state index in [0.29, 0.717) is 0 Å². The molecule has 1 saturated heterocycles. The van der Waals surface area contributed by atoms with E-state index in [1.165, 1.54) is 48.7 Å². The Hall–Kier alpha value is -2.33. The van der Waals surface area contributed by atoms with Gasteiger partial charge in [-0.25, -0.2) is 4.98 Å². The maximum Gasteiger partial charge on any atom is 0.206 e. The van der Waals surface area contributed by atoms with Crippen LogP contribution in [0.2, 0.25) is 0 Å². The fourth-order valence-corrected chi connectivity index (χ4v) is 4.98. The number of aromatic nitrogens is 2. The molecule has 152 valence electrons. The van der Waals surface area contributed by atoms with Crippen molar-refractivity contribution in [1.29, 1.82) is 0 Å². The highest BCUT2D eigenvalue weighted by atomic mass is 15.3. The summed E-state index contributed by atoms with van der Waals surface area (Å²) in [6.45, 7) is 5.16. The van der Waals surface area contributed by atoms with Crippen molar-refractivity contribution in [3.05, 3.63) is 59.7 Å². The van der Waals surface area contributed by atoms with Gasteiger partial charge < -0.3 is 14.4 Å². The number of piperazine rings is 1. The third-order valence-corrected chi connectivity index (χ3v) is 6.82. The number of fused-ring (bicyclic) bond motifs is 1. The van der Waals surface area contributed by atoms with Gasteiger partial charge in [-0.2, -0.15) is 0 Å². The van der Waals surface area contributed by atoms with E-state index in [-0.39, 0.29) is 0 Å². The molecule has 2 fully saturated rings. The Labute approximate surface area is 174 Å². The van der Waals surface area contributed by atoms with E-state index in [1.54, 1.807) is 0 Å². The van der Waals surface area contributed by atoms with Gasteiger partial charge in [0.2, 0.25) is 5.95 Å². The van der Waals surface area contributed by atoms with E-state index in [2.05, 4.69) is 69.9 Å². The van der Waals surface area contributed by atoms with Crippen molar-refractivity contribution < 1.29 is 0 Å². The van der Waals surface area contributed by atoms with Crippen LogP contribution in [0.1, 0.15) is 49.1 Å². The van der Waals surface area contributed by atoms with Gasteiger partial charge >= 0.3 is 0 Å². The second kappa shape index (κ2) is 8.19. The molecule has 5 rings (SSSR count). The van der Waals surface area contributed by atoms with Gasteiger partial charge in [-0.3, -0.25) is 0 Å². The molecule has 1 aliphatic carbocycles. The molecular weight excluding hydrogens is 356 g/mol. The van der Waals surface area contributed by atoms with E-state index in [9.17, 15) is 0 Å². The monoisotopic (exact) mass is 388 g/mol. The van der Waals surface area contributed by atoms with Gasteiger partial charge in [-0.1, -0.05) is 55.7 Å². The van der Waals surface area contributed by atoms with Crippen molar-refractivity contribution in [2.24, 2.45) is 0 Å². The summed E-state index contributed by atoms with van der Waals surface area (Å²) in [5.41, 5.74) is 5.23. The molecule has 1 saturated carbocycles. The third-order valence-electron chi connectivity index (χ3n) is 6.82. The molecule has 0 radical (unpaired) electrons. The summed E-state index contributed by atoms with van der Waals surface area (Å²) in [4.78, 5) is 9.87. The molecule has 1 aliphatic heterocycles. The van der Waals surface area contributed by atoms with E-state index < -0.39 is 0 Å². The number of nitrogens with zero attached hydrogens (tertiary/aromatic N) is 4. The van der Waals surface area contributed by atoms with Gasteiger partial charge in [0.25, 0.3) is 0 Å². The van der Waals surface area contributed by atoms with Crippen molar-refractivity contribution in [3.8, 4) is 0 Å². The fourth-order valence-electron chi connectivity index (χ4n) is 4.98. The summed E-state index contributed by atoms with van der Waals surface area (Å²) in [6, 6.07) is 18.0. The molecule has 0 spiro atoms. The molecule has 2 aliphatic rings. The first-order valence-corrected chi connectivity index (χ1v) is 11.3. The average molecular weight is 389 g/mol. The van der Waals surface area contributed by atoms with Crippen LogP contribution in [0.3, 0.4) is 0 Å². The Morgan fingerprint density at radius 1 is 0.862 bits per heavy atom. The predicted molar refractivity (Wildman–Crippen MR) is 121 cm³/mol. The SMILES string of the molecule is CN1CCN(c2nc3ccccc3n2Cc2ccc(C3CCCCC3)cc2)CC1. The molecule has 0 atom stereocenters. The van der Waals surface area contributed by atoms with Gasteiger partial charge in [0.15, 0.2) is 0 Å². The third kappa shape index (κ3) is 3.91. The lowest BCUT2D eigenvalue weighted by Gasteiger charge is -2.33. The average Bonchev–Trinajstić information content (AvgIpc) is 3.14. The first-order chi connectivity index (χ1) is 14.3. The topological polar surface area (TPSA) is 24.3 Å². The number of para-hydroxylation sites is 2. The minimum atomic E-state index is 0.771. The number of rotatable bonds is 4. The molecule has 2 heterocycles. The number of imidazole rings is 1. The van der Waals surface area contributed by atoms with Crippen molar-refractivity contribution in [3.63, 3.8) is 0 Å². The van der Waals surface area contributed by atoms with Crippen LogP contribution in [-0.2, 0) is 6.54 Å². The van der Waals surface area contributed by atoms with Gasteiger partial charge in [0.1, 0.15) is 0 Å². The van der Waals surface area contributed by atoms with Gasteiger partial charge in [0, 0.05) is 26.2 Å². The van der Waals surface area contributed by atoms with Crippen LogP contribution in [-0.4, -0.2) is 47.7 Å². The quantitative estimate of drug-likeness (QED) is 0.636. The minimum Gasteiger partial charge on any atom is -0.340 e. The molecule has 0 N–H and O–H groups in total. The Bertz CT molecular complexity index is 945. The van der Waals surface area contributed by atoms with Crippen LogP contribution in [0, 0.1) is 0 Å². The Kier molecular flexibility index (Phi) is 5.28. The maximum atomic E-state index is 5.02. The second-order valence-electron chi connectivity index (χ2n) is 8.85. The van der Waals surface area contributed by atoms with Crippen molar-refractivity contribution in [1.82, 2.24) is 14.5 Å². The summed E-state index contributed by atoms with van der Waals surface area (Å²) in [5, 5.41) is 0. The van der Waals surface area contributed by atoms with Crippen LogP contribution in [0.25, 0.3) is 11.0 Å². The van der Waals surface area contributed by atoms with Crippen LogP contribution < -0.4 is 4.90 Å². The van der Waals surface area contributed by atoms with E-state index in [4.69, 9.17) is 4.98 Å². The summed E-state index contributed by atoms with van der Waals surface area (Å²) in [6.07, 6.45) is 6.92. The van der Waals surface area contributed by atoms with Crippen LogP contribution in [0.5, 0.6) is 0 Å². The Morgan fingerprint density at radius 2 is 1.59 bits per heavy atom. The molecule has 4 nitrogen and oxygen atoms in total. The summed E-state index contributed by atoms with van der Waals surface area (Å²) >= 11 is 0. The van der Waals surface area contributed by atoms with Crippen molar-refractivity contribution in [2.45, 2.75) is 44.6 Å². The van der Waals surface area contributed by atoms with Crippen LogP contribution in [0.15, 0.2) is 48.5 Å². The summed E-state index contributed by atoms with van der Waals surface area (Å²) < 4.78 is 2.41. The molecule has 0 unspecified atom stereocenters. The van der Waals surface area contributed by atoms with Crippen molar-refractivity contribution in [2.75, 3.05) is 38.1 Å². The van der Waals surface area contributed by atoms with E-state index in [1.807, 2.05) is 0 Å². The molecule has 2 aromatic carbocycles. The number of anilines is 1. The van der Waals surface area contributed by atoms with Gasteiger partial charge in [-0.15, -0.1) is 0 Å². The number of benzene rings is 2. The van der Waals surface area contributed by atoms with Crippen LogP contribution >= 0.6 is 0 Å². The summed E-state index contributed by atoms with van der Waals surface area (Å²) in [7, 11) is 2.20. The minimum absolute atomic E-state index is 0.771. The van der Waals surface area contributed by atoms with Gasteiger partial charge in [-0.05, 0) is 49.1 Å². The number of hydrogen-bond acceptors (Lipinski definition) is 3. The zero-order chi connectivity index (χ0) is 19.6. The Morgan fingerprint density at radius 3 is 2.34 bits per heavy atom. The smallest absolute Gasteiger partial charge is 0.206 e. The first-order valence-electron chi connectivity index (χ1n) is 11.3. The van der Waals surface area contributed by atoms with Crippen molar-refractivity contribution >= 4 is 17.0 Å². The first kappa shape index (κ1) is 18.7. The highest BCUT2D eigenvalue weighted by molar-refractivity contribution is 5.79. The molecule has 29 heavy (non-hydrogen) atoms. The second-order valence-corrected chi connectivity index (χ2v) is 8.85. The molecular formula is C25H32N4. The van der Waals surface area contributed by atoms with E-state index >= 15 is 0 Å². The maximum absolute atomic E-state index is 5.02. The Balaban J connectivity index is 1.42. The lowest BCUT2D eigenvalue weighted by atomic mass is 9.84.